The van der Waals surface area contributed by atoms with E-state index in [1.807, 2.05) is 32.0 Å². The molecule has 0 saturated heterocycles. The third-order valence-electron chi connectivity index (χ3n) is 2.59. The monoisotopic (exact) mass is 251 g/mol. The van der Waals surface area contributed by atoms with Crippen LogP contribution in [0, 0.1) is 6.92 Å². The summed E-state index contributed by atoms with van der Waals surface area (Å²) in [7, 11) is 1.41. The van der Waals surface area contributed by atoms with E-state index >= 15 is 0 Å². The maximum Gasteiger partial charge on any atom is 0.305 e. The van der Waals surface area contributed by atoms with E-state index in [2.05, 4.69) is 10.1 Å². The number of esters is 1. The quantitative estimate of drug-likeness (QED) is 0.598. The van der Waals surface area contributed by atoms with Gasteiger partial charge in [-0.3, -0.25) is 4.79 Å². The van der Waals surface area contributed by atoms with Gasteiger partial charge in [-0.15, -0.1) is 0 Å². The third-order valence-corrected chi connectivity index (χ3v) is 2.59. The molecule has 4 heteroatoms. The lowest BCUT2D eigenvalue weighted by Crippen LogP contribution is -2.06. The smallest absolute Gasteiger partial charge is 0.305 e. The SMILES string of the molecule is CCOc1ccc(NCCCC(=O)OC)cc1C. The molecule has 1 rings (SSSR count). The highest BCUT2D eigenvalue weighted by Crippen LogP contribution is 2.21. The van der Waals surface area contributed by atoms with Crippen LogP contribution < -0.4 is 10.1 Å². The van der Waals surface area contributed by atoms with Crippen molar-refractivity contribution in [3.05, 3.63) is 23.8 Å². The summed E-state index contributed by atoms with van der Waals surface area (Å²) in [4.78, 5) is 10.9. The zero-order valence-electron chi connectivity index (χ0n) is 11.3. The molecule has 0 bridgehead atoms. The van der Waals surface area contributed by atoms with Crippen LogP contribution in [0.4, 0.5) is 5.69 Å². The molecule has 0 aliphatic heterocycles. The van der Waals surface area contributed by atoms with Crippen molar-refractivity contribution in [2.24, 2.45) is 0 Å². The molecule has 0 unspecified atom stereocenters. The first-order valence-corrected chi connectivity index (χ1v) is 6.21. The molecule has 0 fully saturated rings. The first-order chi connectivity index (χ1) is 8.67. The van der Waals surface area contributed by atoms with Gasteiger partial charge in [0.15, 0.2) is 0 Å². The largest absolute Gasteiger partial charge is 0.494 e. The van der Waals surface area contributed by atoms with Crippen molar-refractivity contribution in [3.8, 4) is 5.75 Å². The molecule has 1 aromatic carbocycles. The highest BCUT2D eigenvalue weighted by molar-refractivity contribution is 5.69. The maximum absolute atomic E-state index is 10.9. The average molecular weight is 251 g/mol. The van der Waals surface area contributed by atoms with Crippen LogP contribution >= 0.6 is 0 Å². The van der Waals surface area contributed by atoms with Gasteiger partial charge < -0.3 is 14.8 Å². The number of carbonyl (C=O) groups is 1. The number of carbonyl (C=O) groups excluding carboxylic acids is 1. The van der Waals surface area contributed by atoms with Gasteiger partial charge in [-0.05, 0) is 44.0 Å². The van der Waals surface area contributed by atoms with Crippen molar-refractivity contribution in [3.63, 3.8) is 0 Å². The first-order valence-electron chi connectivity index (χ1n) is 6.21. The summed E-state index contributed by atoms with van der Waals surface area (Å²) in [6.45, 7) is 5.41. The van der Waals surface area contributed by atoms with E-state index in [9.17, 15) is 4.79 Å². The molecule has 0 spiro atoms. The van der Waals surface area contributed by atoms with E-state index in [1.165, 1.54) is 7.11 Å². The fraction of sp³-hybridized carbons (Fsp3) is 0.500. The summed E-state index contributed by atoms with van der Waals surface area (Å²) < 4.78 is 10.1. The maximum atomic E-state index is 10.9. The summed E-state index contributed by atoms with van der Waals surface area (Å²) in [6.07, 6.45) is 1.21. The first kappa shape index (κ1) is 14.4. The molecule has 100 valence electrons. The minimum absolute atomic E-state index is 0.167. The summed E-state index contributed by atoms with van der Waals surface area (Å²) >= 11 is 0. The molecule has 1 aromatic rings. The fourth-order valence-corrected chi connectivity index (χ4v) is 1.64. The second-order valence-electron chi connectivity index (χ2n) is 4.02. The summed E-state index contributed by atoms with van der Waals surface area (Å²) in [6, 6.07) is 5.99. The Bertz CT molecular complexity index is 391. The fourth-order valence-electron chi connectivity index (χ4n) is 1.64. The Kier molecular flexibility index (Phi) is 6.05. The van der Waals surface area contributed by atoms with E-state index < -0.39 is 0 Å². The Morgan fingerprint density at radius 1 is 1.39 bits per heavy atom. The number of rotatable bonds is 7. The van der Waals surface area contributed by atoms with Gasteiger partial charge in [-0.1, -0.05) is 0 Å². The Morgan fingerprint density at radius 3 is 2.78 bits per heavy atom. The zero-order valence-corrected chi connectivity index (χ0v) is 11.3. The number of nitrogens with one attached hydrogen (secondary N) is 1. The van der Waals surface area contributed by atoms with Crippen molar-refractivity contribution < 1.29 is 14.3 Å². The van der Waals surface area contributed by atoms with Crippen molar-refractivity contribution in [1.29, 1.82) is 0 Å². The topological polar surface area (TPSA) is 47.6 Å². The van der Waals surface area contributed by atoms with E-state index in [0.29, 0.717) is 13.0 Å². The molecule has 0 amide bonds. The van der Waals surface area contributed by atoms with Crippen LogP contribution in [-0.4, -0.2) is 26.2 Å². The number of ether oxygens (including phenoxy) is 2. The van der Waals surface area contributed by atoms with Crippen LogP contribution in [0.3, 0.4) is 0 Å². The van der Waals surface area contributed by atoms with E-state index in [1.54, 1.807) is 0 Å². The lowest BCUT2D eigenvalue weighted by atomic mass is 10.2. The Morgan fingerprint density at radius 2 is 2.17 bits per heavy atom. The summed E-state index contributed by atoms with van der Waals surface area (Å²) in [5, 5.41) is 3.27. The molecule has 0 aromatic heterocycles. The van der Waals surface area contributed by atoms with E-state index in [-0.39, 0.29) is 5.97 Å². The molecule has 0 atom stereocenters. The summed E-state index contributed by atoms with van der Waals surface area (Å²) in [5.74, 6) is 0.747. The van der Waals surface area contributed by atoms with Crippen LogP contribution in [0.15, 0.2) is 18.2 Å². The molecule has 4 nitrogen and oxygen atoms in total. The predicted octanol–water partition coefficient (Wildman–Crippen LogP) is 2.76. The van der Waals surface area contributed by atoms with Gasteiger partial charge in [-0.25, -0.2) is 0 Å². The van der Waals surface area contributed by atoms with Gasteiger partial charge in [0.1, 0.15) is 5.75 Å². The molecule has 0 heterocycles. The Hall–Kier alpha value is -1.71. The van der Waals surface area contributed by atoms with Gasteiger partial charge in [-0.2, -0.15) is 0 Å². The summed E-state index contributed by atoms with van der Waals surface area (Å²) in [5.41, 5.74) is 2.15. The van der Waals surface area contributed by atoms with Gasteiger partial charge >= 0.3 is 5.97 Å². The number of methoxy groups -OCH3 is 1. The molecule has 0 radical (unpaired) electrons. The van der Waals surface area contributed by atoms with Crippen LogP contribution in [0.2, 0.25) is 0 Å². The number of anilines is 1. The van der Waals surface area contributed by atoms with Crippen LogP contribution in [-0.2, 0) is 9.53 Å². The molecule has 1 N–H and O–H groups in total. The van der Waals surface area contributed by atoms with Crippen molar-refractivity contribution in [2.75, 3.05) is 25.6 Å². The molecular formula is C14H21NO3. The molecule has 18 heavy (non-hydrogen) atoms. The minimum Gasteiger partial charge on any atom is -0.494 e. The van der Waals surface area contributed by atoms with Gasteiger partial charge in [0.05, 0.1) is 13.7 Å². The lowest BCUT2D eigenvalue weighted by Gasteiger charge is -2.10. The molecular weight excluding hydrogens is 230 g/mol. The van der Waals surface area contributed by atoms with Gasteiger partial charge in [0, 0.05) is 18.7 Å². The number of hydrogen-bond acceptors (Lipinski definition) is 4. The van der Waals surface area contributed by atoms with Crippen LogP contribution in [0.5, 0.6) is 5.75 Å². The van der Waals surface area contributed by atoms with E-state index in [4.69, 9.17) is 4.74 Å². The standard InChI is InChI=1S/C14H21NO3/c1-4-18-13-8-7-12(10-11(13)2)15-9-5-6-14(16)17-3/h7-8,10,15H,4-6,9H2,1-3H3. The number of hydrogen-bond donors (Lipinski definition) is 1. The molecule has 0 aliphatic rings. The second-order valence-corrected chi connectivity index (χ2v) is 4.02. The molecule has 0 saturated carbocycles. The lowest BCUT2D eigenvalue weighted by molar-refractivity contribution is -0.140. The predicted molar refractivity (Wildman–Crippen MR) is 72.1 cm³/mol. The van der Waals surface area contributed by atoms with Crippen molar-refractivity contribution in [2.45, 2.75) is 26.7 Å². The zero-order chi connectivity index (χ0) is 13.4. The second kappa shape index (κ2) is 7.58. The Balaban J connectivity index is 2.39. The number of aryl methyl sites for hydroxylation is 1. The highest BCUT2D eigenvalue weighted by atomic mass is 16.5. The van der Waals surface area contributed by atoms with Gasteiger partial charge in [0.2, 0.25) is 0 Å². The normalized spacial score (nSPS) is 9.94. The number of benzene rings is 1. The van der Waals surface area contributed by atoms with E-state index in [0.717, 1.165) is 30.0 Å². The van der Waals surface area contributed by atoms with Crippen molar-refractivity contribution >= 4 is 11.7 Å². The van der Waals surface area contributed by atoms with Crippen molar-refractivity contribution in [1.82, 2.24) is 0 Å². The molecule has 0 aliphatic carbocycles. The van der Waals surface area contributed by atoms with Crippen LogP contribution in [0.25, 0.3) is 0 Å². The van der Waals surface area contributed by atoms with Gasteiger partial charge in [0.25, 0.3) is 0 Å². The average Bonchev–Trinajstić information content (AvgIpc) is 2.37. The van der Waals surface area contributed by atoms with Crippen LogP contribution in [0.1, 0.15) is 25.3 Å². The minimum atomic E-state index is -0.167. The highest BCUT2D eigenvalue weighted by Gasteiger charge is 2.02. The third kappa shape index (κ3) is 4.65. The Labute approximate surface area is 108 Å².